The Morgan fingerprint density at radius 3 is 2.58 bits per heavy atom. The van der Waals surface area contributed by atoms with Crippen molar-refractivity contribution in [2.24, 2.45) is 5.41 Å². The number of carbonyl (C=O) groups excluding carboxylic acids is 3. The van der Waals surface area contributed by atoms with Gasteiger partial charge in [-0.1, -0.05) is 11.6 Å². The van der Waals surface area contributed by atoms with Crippen molar-refractivity contribution in [3.63, 3.8) is 0 Å². The number of H-pyrrole nitrogens is 1. The van der Waals surface area contributed by atoms with Crippen LogP contribution in [0.3, 0.4) is 0 Å². The zero-order valence-corrected chi connectivity index (χ0v) is 18.8. The summed E-state index contributed by atoms with van der Waals surface area (Å²) in [7, 11) is 1.46. The molecule has 1 aromatic carbocycles. The molecule has 2 aromatic rings. The summed E-state index contributed by atoms with van der Waals surface area (Å²) < 4.78 is 27.3. The fourth-order valence-corrected chi connectivity index (χ4v) is 5.07. The molecule has 2 heterocycles. The maximum absolute atomic E-state index is 13.8. The SMILES string of the molecule is CNC(=O)c1nc[nH]c1C(=O)N[C@H]1CC[C@@]2(CCCN(c3cc(F)c(F)cc3Cl)C2=O)CC1. The Morgan fingerprint density at radius 1 is 1.18 bits per heavy atom. The topological polar surface area (TPSA) is 107 Å². The number of hydrogen-bond acceptors (Lipinski definition) is 4. The number of anilines is 1. The highest BCUT2D eigenvalue weighted by molar-refractivity contribution is 6.33. The molecule has 2 aliphatic rings. The Morgan fingerprint density at radius 2 is 1.88 bits per heavy atom. The highest BCUT2D eigenvalue weighted by atomic mass is 35.5. The van der Waals surface area contributed by atoms with Crippen molar-refractivity contribution in [2.75, 3.05) is 18.5 Å². The van der Waals surface area contributed by atoms with Crippen LogP contribution in [0.5, 0.6) is 0 Å². The zero-order chi connectivity index (χ0) is 23.8. The average Bonchev–Trinajstić information content (AvgIpc) is 3.30. The first kappa shape index (κ1) is 23.2. The summed E-state index contributed by atoms with van der Waals surface area (Å²) in [4.78, 5) is 46.0. The summed E-state index contributed by atoms with van der Waals surface area (Å²) >= 11 is 6.12. The lowest BCUT2D eigenvalue weighted by Gasteiger charge is -2.45. The molecule has 2 fully saturated rings. The van der Waals surface area contributed by atoms with Gasteiger partial charge in [0.1, 0.15) is 5.69 Å². The molecule has 0 atom stereocenters. The average molecular weight is 480 g/mol. The molecule has 4 rings (SSSR count). The van der Waals surface area contributed by atoms with E-state index in [1.54, 1.807) is 0 Å². The Balaban J connectivity index is 1.44. The number of nitrogens with zero attached hydrogens (tertiary/aromatic N) is 2. The number of nitrogens with one attached hydrogen (secondary N) is 3. The van der Waals surface area contributed by atoms with Crippen molar-refractivity contribution < 1.29 is 23.2 Å². The molecule has 0 radical (unpaired) electrons. The third kappa shape index (κ3) is 4.31. The quantitative estimate of drug-likeness (QED) is 0.585. The van der Waals surface area contributed by atoms with Gasteiger partial charge in [0.2, 0.25) is 5.91 Å². The molecule has 1 aliphatic carbocycles. The van der Waals surface area contributed by atoms with E-state index < -0.39 is 28.9 Å². The van der Waals surface area contributed by atoms with E-state index in [1.165, 1.54) is 18.3 Å². The van der Waals surface area contributed by atoms with E-state index in [4.69, 9.17) is 11.6 Å². The summed E-state index contributed by atoms with van der Waals surface area (Å²) in [6.45, 7) is 0.383. The van der Waals surface area contributed by atoms with E-state index in [1.807, 2.05) is 0 Å². The lowest BCUT2D eigenvalue weighted by atomic mass is 9.67. The Labute approximate surface area is 194 Å². The molecule has 1 aliphatic heterocycles. The van der Waals surface area contributed by atoms with Crippen molar-refractivity contribution in [1.29, 1.82) is 0 Å². The molecular weight excluding hydrogens is 456 g/mol. The van der Waals surface area contributed by atoms with Gasteiger partial charge in [-0.2, -0.15) is 0 Å². The first-order chi connectivity index (χ1) is 15.8. The van der Waals surface area contributed by atoms with Crippen LogP contribution < -0.4 is 15.5 Å². The smallest absolute Gasteiger partial charge is 0.272 e. The highest BCUT2D eigenvalue weighted by Crippen LogP contribution is 2.46. The van der Waals surface area contributed by atoms with Crippen LogP contribution in [0.4, 0.5) is 14.5 Å². The fraction of sp³-hybridized carbons (Fsp3) is 0.455. The van der Waals surface area contributed by atoms with Crippen molar-refractivity contribution in [1.82, 2.24) is 20.6 Å². The fourth-order valence-electron chi connectivity index (χ4n) is 4.81. The molecular formula is C22H24ClF2N5O3. The number of benzene rings is 1. The Hall–Kier alpha value is -3.01. The van der Waals surface area contributed by atoms with Gasteiger partial charge in [-0.3, -0.25) is 14.4 Å². The van der Waals surface area contributed by atoms with Gasteiger partial charge >= 0.3 is 0 Å². The van der Waals surface area contributed by atoms with Crippen LogP contribution in [0, 0.1) is 17.0 Å². The summed E-state index contributed by atoms with van der Waals surface area (Å²) in [5.41, 5.74) is -0.350. The van der Waals surface area contributed by atoms with Gasteiger partial charge in [0.05, 0.1) is 17.0 Å². The highest BCUT2D eigenvalue weighted by Gasteiger charge is 2.47. The Bertz CT molecular complexity index is 1100. The van der Waals surface area contributed by atoms with Gasteiger partial charge in [0, 0.05) is 31.1 Å². The second kappa shape index (κ2) is 9.09. The molecule has 33 heavy (non-hydrogen) atoms. The van der Waals surface area contributed by atoms with Gasteiger partial charge in [-0.15, -0.1) is 0 Å². The summed E-state index contributed by atoms with van der Waals surface area (Å²) in [5, 5.41) is 5.35. The number of hydrogen-bond donors (Lipinski definition) is 3. The van der Waals surface area contributed by atoms with Crippen LogP contribution in [-0.4, -0.2) is 47.3 Å². The summed E-state index contributed by atoms with van der Waals surface area (Å²) in [5.74, 6) is -3.16. The number of imidazole rings is 1. The number of amides is 3. The predicted molar refractivity (Wildman–Crippen MR) is 117 cm³/mol. The normalized spacial score (nSPS) is 23.0. The van der Waals surface area contributed by atoms with E-state index in [9.17, 15) is 23.2 Å². The second-order valence-electron chi connectivity index (χ2n) is 8.51. The molecule has 0 unspecified atom stereocenters. The number of aromatic amines is 1. The minimum atomic E-state index is -1.06. The molecule has 1 saturated carbocycles. The number of halogens is 3. The van der Waals surface area contributed by atoms with Gasteiger partial charge in [0.25, 0.3) is 11.8 Å². The lowest BCUT2D eigenvalue weighted by Crippen LogP contribution is -2.52. The van der Waals surface area contributed by atoms with Crippen LogP contribution in [-0.2, 0) is 4.79 Å². The lowest BCUT2D eigenvalue weighted by molar-refractivity contribution is -0.132. The molecule has 3 N–H and O–H groups in total. The minimum absolute atomic E-state index is 0.00766. The van der Waals surface area contributed by atoms with Gasteiger partial charge in [-0.25, -0.2) is 13.8 Å². The third-order valence-electron chi connectivity index (χ3n) is 6.60. The number of piperidine rings is 1. The maximum Gasteiger partial charge on any atom is 0.272 e. The summed E-state index contributed by atoms with van der Waals surface area (Å²) in [6.07, 6.45) is 4.90. The molecule has 1 saturated heterocycles. The molecule has 8 nitrogen and oxygen atoms in total. The molecule has 3 amide bonds. The van der Waals surface area contributed by atoms with Crippen LogP contribution in [0.2, 0.25) is 5.02 Å². The number of aromatic nitrogens is 2. The largest absolute Gasteiger partial charge is 0.354 e. The van der Waals surface area contributed by atoms with Crippen molar-refractivity contribution >= 4 is 35.0 Å². The Kier molecular flexibility index (Phi) is 6.38. The zero-order valence-electron chi connectivity index (χ0n) is 18.0. The van der Waals surface area contributed by atoms with Crippen LogP contribution in [0.1, 0.15) is 59.5 Å². The first-order valence-corrected chi connectivity index (χ1v) is 11.2. The van der Waals surface area contributed by atoms with E-state index >= 15 is 0 Å². The van der Waals surface area contributed by atoms with Gasteiger partial charge in [0.15, 0.2) is 17.3 Å². The van der Waals surface area contributed by atoms with Crippen LogP contribution in [0.25, 0.3) is 0 Å². The van der Waals surface area contributed by atoms with Crippen LogP contribution in [0.15, 0.2) is 18.5 Å². The number of rotatable bonds is 4. The third-order valence-corrected chi connectivity index (χ3v) is 6.91. The molecule has 1 aromatic heterocycles. The second-order valence-corrected chi connectivity index (χ2v) is 8.92. The molecule has 0 bridgehead atoms. The van der Waals surface area contributed by atoms with E-state index in [0.29, 0.717) is 45.1 Å². The predicted octanol–water partition coefficient (Wildman–Crippen LogP) is 3.19. The molecule has 176 valence electrons. The minimum Gasteiger partial charge on any atom is -0.354 e. The monoisotopic (exact) mass is 479 g/mol. The van der Waals surface area contributed by atoms with Crippen molar-refractivity contribution in [2.45, 2.75) is 44.6 Å². The van der Waals surface area contributed by atoms with E-state index in [2.05, 4.69) is 20.6 Å². The van der Waals surface area contributed by atoms with E-state index in [0.717, 1.165) is 12.1 Å². The molecule has 11 heteroatoms. The summed E-state index contributed by atoms with van der Waals surface area (Å²) in [6, 6.07) is 1.68. The standard InChI is InChI=1S/C22H24ClF2N5O3/c1-26-19(31)17-18(28-11-27-17)20(32)29-12-3-6-22(7-4-12)5-2-8-30(21(22)33)16-10-15(25)14(24)9-13(16)23/h9-12H,2-8H2,1H3,(H,26,31)(H,27,28)(H,29,32)/t12-,22-. The van der Waals surface area contributed by atoms with Crippen molar-refractivity contribution in [3.05, 3.63) is 46.5 Å². The van der Waals surface area contributed by atoms with Crippen LogP contribution >= 0.6 is 11.6 Å². The van der Waals surface area contributed by atoms with Crippen molar-refractivity contribution in [3.8, 4) is 0 Å². The van der Waals surface area contributed by atoms with Gasteiger partial charge in [-0.05, 0) is 44.6 Å². The van der Waals surface area contributed by atoms with E-state index in [-0.39, 0.29) is 34.0 Å². The first-order valence-electron chi connectivity index (χ1n) is 10.8. The molecule has 1 spiro atoms. The number of carbonyl (C=O) groups is 3. The van der Waals surface area contributed by atoms with Gasteiger partial charge < -0.3 is 20.5 Å². The maximum atomic E-state index is 13.8.